The maximum absolute atomic E-state index is 11.5. The van der Waals surface area contributed by atoms with Crippen molar-refractivity contribution in [2.45, 2.75) is 26.4 Å². The fourth-order valence-electron chi connectivity index (χ4n) is 1.59. The van der Waals surface area contributed by atoms with Crippen molar-refractivity contribution in [1.29, 1.82) is 0 Å². The molecule has 0 spiro atoms. The van der Waals surface area contributed by atoms with E-state index in [1.807, 2.05) is 32.0 Å². The molecule has 0 saturated carbocycles. The molecule has 1 heterocycles. The fraction of sp³-hybridized carbons (Fsp3) is 0.364. The van der Waals surface area contributed by atoms with Gasteiger partial charge in [-0.2, -0.15) is 0 Å². The van der Waals surface area contributed by atoms with Gasteiger partial charge in [-0.25, -0.2) is 0 Å². The Morgan fingerprint density at radius 1 is 1.46 bits per heavy atom. The van der Waals surface area contributed by atoms with Crippen LogP contribution in [0, 0.1) is 6.92 Å². The maximum atomic E-state index is 11.5. The first-order chi connectivity index (χ1) is 6.16. The third kappa shape index (κ3) is 1.44. The summed E-state index contributed by atoms with van der Waals surface area (Å²) in [6.45, 7) is 3.91. The Bertz CT molecular complexity index is 355. The van der Waals surface area contributed by atoms with E-state index in [-0.39, 0.29) is 11.9 Å². The number of hydrogen-bond donors (Lipinski definition) is 0. The van der Waals surface area contributed by atoms with Crippen LogP contribution in [0.25, 0.3) is 0 Å². The van der Waals surface area contributed by atoms with E-state index in [0.717, 1.165) is 16.9 Å². The van der Waals surface area contributed by atoms with E-state index in [4.69, 9.17) is 4.74 Å². The van der Waals surface area contributed by atoms with Gasteiger partial charge in [0.1, 0.15) is 11.9 Å². The summed E-state index contributed by atoms with van der Waals surface area (Å²) in [6, 6.07) is 5.71. The fourth-order valence-corrected chi connectivity index (χ4v) is 1.59. The molecule has 2 nitrogen and oxygen atoms in total. The average molecular weight is 176 g/mol. The summed E-state index contributed by atoms with van der Waals surface area (Å²) < 4.78 is 5.56. The van der Waals surface area contributed by atoms with Crippen molar-refractivity contribution in [2.24, 2.45) is 0 Å². The highest BCUT2D eigenvalue weighted by Crippen LogP contribution is 2.28. The summed E-state index contributed by atoms with van der Waals surface area (Å²) in [5.41, 5.74) is 1.85. The molecule has 1 aromatic rings. The molecule has 0 N–H and O–H groups in total. The predicted octanol–water partition coefficient (Wildman–Crippen LogP) is 2.35. The van der Waals surface area contributed by atoms with Crippen molar-refractivity contribution in [2.75, 3.05) is 0 Å². The summed E-state index contributed by atoms with van der Waals surface area (Å²) in [7, 11) is 0. The number of benzene rings is 1. The summed E-state index contributed by atoms with van der Waals surface area (Å²) in [5, 5.41) is 0. The van der Waals surface area contributed by atoms with E-state index in [1.165, 1.54) is 0 Å². The molecule has 0 aliphatic carbocycles. The van der Waals surface area contributed by atoms with Gasteiger partial charge in [-0.3, -0.25) is 4.79 Å². The van der Waals surface area contributed by atoms with Crippen LogP contribution in [0.4, 0.5) is 0 Å². The van der Waals surface area contributed by atoms with Gasteiger partial charge in [0.05, 0.1) is 5.56 Å². The van der Waals surface area contributed by atoms with Crippen molar-refractivity contribution < 1.29 is 9.53 Å². The molecule has 2 heteroatoms. The van der Waals surface area contributed by atoms with Gasteiger partial charge >= 0.3 is 0 Å². The van der Waals surface area contributed by atoms with Gasteiger partial charge in [-0.05, 0) is 31.5 Å². The van der Waals surface area contributed by atoms with E-state index in [0.29, 0.717) is 6.42 Å². The van der Waals surface area contributed by atoms with E-state index in [9.17, 15) is 4.79 Å². The number of rotatable bonds is 0. The Morgan fingerprint density at radius 3 is 3.00 bits per heavy atom. The second-order valence-electron chi connectivity index (χ2n) is 3.56. The molecule has 1 aliphatic heterocycles. The topological polar surface area (TPSA) is 26.3 Å². The second kappa shape index (κ2) is 2.87. The lowest BCUT2D eigenvalue weighted by molar-refractivity contribution is 0.0871. The summed E-state index contributed by atoms with van der Waals surface area (Å²) in [4.78, 5) is 11.5. The number of aryl methyl sites for hydroxylation is 1. The molecule has 0 bridgehead atoms. The van der Waals surface area contributed by atoms with Crippen molar-refractivity contribution >= 4 is 5.78 Å². The molecule has 2 rings (SSSR count). The molecule has 0 radical (unpaired) electrons. The number of ether oxygens (including phenoxy) is 1. The monoisotopic (exact) mass is 176 g/mol. The SMILES string of the molecule is Cc1ccc2c(c1)O[C@H](C)CC2=O. The molecule has 1 aromatic carbocycles. The van der Waals surface area contributed by atoms with Crippen LogP contribution >= 0.6 is 0 Å². The van der Waals surface area contributed by atoms with Gasteiger partial charge in [0.15, 0.2) is 5.78 Å². The third-order valence-electron chi connectivity index (χ3n) is 2.24. The predicted molar refractivity (Wildman–Crippen MR) is 50.2 cm³/mol. The summed E-state index contributed by atoms with van der Waals surface area (Å²) in [6.07, 6.45) is 0.512. The Morgan fingerprint density at radius 2 is 2.23 bits per heavy atom. The van der Waals surface area contributed by atoms with Crippen LogP contribution in [-0.4, -0.2) is 11.9 Å². The Hall–Kier alpha value is -1.31. The van der Waals surface area contributed by atoms with E-state index in [1.54, 1.807) is 0 Å². The van der Waals surface area contributed by atoms with Crippen LogP contribution in [0.5, 0.6) is 5.75 Å². The Kier molecular flexibility index (Phi) is 1.83. The minimum atomic E-state index is 0.0156. The molecular weight excluding hydrogens is 164 g/mol. The highest BCUT2D eigenvalue weighted by molar-refractivity contribution is 5.99. The van der Waals surface area contributed by atoms with Crippen LogP contribution in [0.15, 0.2) is 18.2 Å². The standard InChI is InChI=1S/C11H12O2/c1-7-3-4-9-10(12)6-8(2)13-11(9)5-7/h3-5,8H,6H2,1-2H3/t8-/m1/s1. The van der Waals surface area contributed by atoms with Crippen LogP contribution in [0.1, 0.15) is 29.3 Å². The third-order valence-corrected chi connectivity index (χ3v) is 2.24. The largest absolute Gasteiger partial charge is 0.489 e. The minimum Gasteiger partial charge on any atom is -0.489 e. The van der Waals surface area contributed by atoms with Gasteiger partial charge in [0.25, 0.3) is 0 Å². The molecule has 0 unspecified atom stereocenters. The highest BCUT2D eigenvalue weighted by atomic mass is 16.5. The highest BCUT2D eigenvalue weighted by Gasteiger charge is 2.22. The molecule has 13 heavy (non-hydrogen) atoms. The van der Waals surface area contributed by atoms with Crippen LogP contribution < -0.4 is 4.74 Å². The van der Waals surface area contributed by atoms with E-state index >= 15 is 0 Å². The van der Waals surface area contributed by atoms with Crippen molar-refractivity contribution in [3.05, 3.63) is 29.3 Å². The Labute approximate surface area is 77.5 Å². The molecule has 0 saturated heterocycles. The molecule has 68 valence electrons. The first kappa shape index (κ1) is 8.30. The van der Waals surface area contributed by atoms with Crippen molar-refractivity contribution in [1.82, 2.24) is 0 Å². The van der Waals surface area contributed by atoms with Crippen LogP contribution in [0.3, 0.4) is 0 Å². The van der Waals surface area contributed by atoms with E-state index in [2.05, 4.69) is 0 Å². The van der Waals surface area contributed by atoms with Gasteiger partial charge in [-0.1, -0.05) is 6.07 Å². The van der Waals surface area contributed by atoms with Gasteiger partial charge in [0.2, 0.25) is 0 Å². The number of fused-ring (bicyclic) bond motifs is 1. The molecular formula is C11H12O2. The number of hydrogen-bond acceptors (Lipinski definition) is 2. The molecule has 1 atom stereocenters. The lowest BCUT2D eigenvalue weighted by Gasteiger charge is -2.22. The zero-order valence-corrected chi connectivity index (χ0v) is 7.83. The number of Topliss-reactive ketones (excluding diaryl/α,β-unsaturated/α-hetero) is 1. The van der Waals surface area contributed by atoms with Crippen molar-refractivity contribution in [3.8, 4) is 5.75 Å². The minimum absolute atomic E-state index is 0.0156. The molecule has 0 aromatic heterocycles. The number of carbonyl (C=O) groups is 1. The van der Waals surface area contributed by atoms with Crippen molar-refractivity contribution in [3.63, 3.8) is 0 Å². The van der Waals surface area contributed by atoms with Gasteiger partial charge < -0.3 is 4.74 Å². The molecule has 1 aliphatic rings. The first-order valence-corrected chi connectivity index (χ1v) is 4.47. The summed E-state index contributed by atoms with van der Waals surface area (Å²) >= 11 is 0. The van der Waals surface area contributed by atoms with Crippen LogP contribution in [-0.2, 0) is 0 Å². The number of carbonyl (C=O) groups excluding carboxylic acids is 1. The normalized spacial score (nSPS) is 20.8. The smallest absolute Gasteiger partial charge is 0.170 e. The number of ketones is 1. The van der Waals surface area contributed by atoms with Gasteiger partial charge in [-0.15, -0.1) is 0 Å². The lowest BCUT2D eigenvalue weighted by atomic mass is 10.0. The molecule has 0 fully saturated rings. The summed E-state index contributed by atoms with van der Waals surface area (Å²) in [5.74, 6) is 0.928. The second-order valence-corrected chi connectivity index (χ2v) is 3.56. The average Bonchev–Trinajstić information content (AvgIpc) is 2.02. The molecule has 0 amide bonds. The zero-order valence-electron chi connectivity index (χ0n) is 7.83. The van der Waals surface area contributed by atoms with Crippen LogP contribution in [0.2, 0.25) is 0 Å². The first-order valence-electron chi connectivity index (χ1n) is 4.47. The zero-order chi connectivity index (χ0) is 9.42. The van der Waals surface area contributed by atoms with E-state index < -0.39 is 0 Å². The Balaban J connectivity index is 2.49. The quantitative estimate of drug-likeness (QED) is 0.606. The lowest BCUT2D eigenvalue weighted by Crippen LogP contribution is -2.23. The van der Waals surface area contributed by atoms with Gasteiger partial charge in [0, 0.05) is 6.42 Å². The maximum Gasteiger partial charge on any atom is 0.170 e.